The molecule has 0 aliphatic rings. The molecule has 1 aromatic carbocycles. The Morgan fingerprint density at radius 3 is 1.46 bits per heavy atom. The van der Waals surface area contributed by atoms with Gasteiger partial charge in [0.1, 0.15) is 18.4 Å². The Morgan fingerprint density at radius 2 is 1.05 bits per heavy atom. The van der Waals surface area contributed by atoms with Gasteiger partial charge in [0.2, 0.25) is 5.82 Å². The van der Waals surface area contributed by atoms with E-state index in [1.807, 2.05) is 78.6 Å². The molecule has 6 nitrogen and oxygen atoms in total. The van der Waals surface area contributed by atoms with Gasteiger partial charge in [0.25, 0.3) is 0 Å². The second kappa shape index (κ2) is 13.8. The fourth-order valence-corrected chi connectivity index (χ4v) is 6.51. The van der Waals surface area contributed by atoms with Crippen LogP contribution in [0.15, 0.2) is 5.16 Å². The Morgan fingerprint density at radius 1 is 0.615 bits per heavy atom. The van der Waals surface area contributed by atoms with Gasteiger partial charge >= 0.3 is 0 Å². The van der Waals surface area contributed by atoms with E-state index < -0.39 is 86.7 Å². The molecule has 0 saturated heterocycles. The molecule has 15 heteroatoms. The summed E-state index contributed by atoms with van der Waals surface area (Å²) < 4.78 is 94.6. The van der Waals surface area contributed by atoms with Crippen molar-refractivity contribution >= 4 is 39.0 Å². The van der Waals surface area contributed by atoms with Crippen LogP contribution in [0.2, 0.25) is 78.6 Å². The lowest BCUT2D eigenvalue weighted by molar-refractivity contribution is 0.0375. The summed E-state index contributed by atoms with van der Waals surface area (Å²) in [5, 5.41) is 4.10. The number of nitrogens with zero attached hydrogens (tertiary/aromatic N) is 1. The highest BCUT2D eigenvalue weighted by Crippen LogP contribution is 2.25. The number of benzene rings is 1. The minimum absolute atomic E-state index is 0.0412. The molecule has 0 aliphatic carbocycles. The van der Waals surface area contributed by atoms with Crippen LogP contribution >= 0.6 is 0 Å². The van der Waals surface area contributed by atoms with Crippen molar-refractivity contribution in [1.82, 2.24) is 0 Å². The molecule has 0 fully saturated rings. The first kappa shape index (κ1) is 36.1. The molecule has 0 N–H and O–H groups in total. The fraction of sp³-hybridized carbons (Fsp3) is 0.708. The Bertz CT molecular complexity index is 976. The standard InChI is InChI=1S/C24H44F5NO5Si4/c1-36(2,3)32-14-17(30-31-13-16-19(25)21(27)23(29)22(28)20(16)26)24(35-39(10,11)12)18(34-38(7,8)9)15-33-37(4,5)6/h18,24H,13-15H2,1-12H3/b30-17+. The molecule has 2 atom stereocenters. The summed E-state index contributed by atoms with van der Waals surface area (Å²) in [5.74, 6) is -10.3. The van der Waals surface area contributed by atoms with Crippen LogP contribution in [0, 0.1) is 29.1 Å². The summed E-state index contributed by atoms with van der Waals surface area (Å²) in [7, 11) is -8.48. The second-order valence-electron chi connectivity index (χ2n) is 13.1. The first-order valence-corrected chi connectivity index (χ1v) is 26.4. The third kappa shape index (κ3) is 13.1. The van der Waals surface area contributed by atoms with E-state index in [1.165, 1.54) is 0 Å². The third-order valence-electron chi connectivity index (χ3n) is 4.68. The van der Waals surface area contributed by atoms with Gasteiger partial charge in [0, 0.05) is 0 Å². The van der Waals surface area contributed by atoms with Gasteiger partial charge in [-0.05, 0) is 78.6 Å². The first-order chi connectivity index (χ1) is 17.4. The summed E-state index contributed by atoms with van der Waals surface area (Å²) >= 11 is 0. The number of hydrogen-bond donors (Lipinski definition) is 0. The summed E-state index contributed by atoms with van der Waals surface area (Å²) in [5.41, 5.74) is -0.883. The Labute approximate surface area is 233 Å². The Hall–Kier alpha value is -0.952. The maximum absolute atomic E-state index is 14.2. The van der Waals surface area contributed by atoms with E-state index in [1.54, 1.807) is 0 Å². The van der Waals surface area contributed by atoms with Crippen LogP contribution < -0.4 is 0 Å². The molecule has 0 aromatic heterocycles. The summed E-state index contributed by atoms with van der Waals surface area (Å²) in [6.07, 6.45) is -1.40. The van der Waals surface area contributed by atoms with E-state index in [4.69, 9.17) is 22.5 Å². The molecular formula is C24H44F5NO5Si4. The van der Waals surface area contributed by atoms with Gasteiger partial charge < -0.3 is 22.5 Å². The first-order valence-electron chi connectivity index (χ1n) is 12.7. The number of rotatable bonds is 15. The molecule has 0 heterocycles. The fourth-order valence-electron chi connectivity index (χ4n) is 3.12. The van der Waals surface area contributed by atoms with Gasteiger partial charge in [-0.1, -0.05) is 5.16 Å². The molecule has 1 rings (SSSR count). The van der Waals surface area contributed by atoms with Crippen molar-refractivity contribution in [2.75, 3.05) is 13.2 Å². The monoisotopic (exact) mass is 633 g/mol. The lowest BCUT2D eigenvalue weighted by Crippen LogP contribution is -2.52. The molecule has 2 unspecified atom stereocenters. The quantitative estimate of drug-likeness (QED) is 0.0503. The third-order valence-corrected chi connectivity index (χ3v) is 8.69. The summed E-state index contributed by atoms with van der Waals surface area (Å²) in [4.78, 5) is 5.23. The van der Waals surface area contributed by atoms with E-state index in [-0.39, 0.29) is 18.9 Å². The molecule has 0 saturated carbocycles. The average molecular weight is 634 g/mol. The van der Waals surface area contributed by atoms with Crippen LogP contribution in [0.5, 0.6) is 0 Å². The van der Waals surface area contributed by atoms with Crippen LogP contribution in [0.4, 0.5) is 22.0 Å². The molecule has 1 aromatic rings. The SMILES string of the molecule is C[Si](C)(C)OC/C(=N\OCc1c(F)c(F)c(F)c(F)c1F)C(O[Si](C)(C)C)C(CO[Si](C)(C)C)O[Si](C)(C)C. The lowest BCUT2D eigenvalue weighted by Gasteiger charge is -2.37. The lowest BCUT2D eigenvalue weighted by atomic mass is 10.1. The van der Waals surface area contributed by atoms with E-state index >= 15 is 0 Å². The highest BCUT2D eigenvalue weighted by molar-refractivity contribution is 6.71. The van der Waals surface area contributed by atoms with Crippen molar-refractivity contribution in [3.8, 4) is 0 Å². The van der Waals surface area contributed by atoms with Crippen molar-refractivity contribution in [2.24, 2.45) is 5.16 Å². The Kier molecular flexibility index (Phi) is 12.8. The van der Waals surface area contributed by atoms with Crippen LogP contribution in [0.25, 0.3) is 0 Å². The predicted molar refractivity (Wildman–Crippen MR) is 153 cm³/mol. The molecule has 0 spiro atoms. The van der Waals surface area contributed by atoms with Crippen LogP contribution in [-0.4, -0.2) is 64.4 Å². The molecule has 0 aliphatic heterocycles. The van der Waals surface area contributed by atoms with Crippen molar-refractivity contribution < 1.29 is 44.5 Å². The predicted octanol–water partition coefficient (Wildman–Crippen LogP) is 7.40. The maximum Gasteiger partial charge on any atom is 0.200 e. The zero-order valence-corrected chi connectivity index (χ0v) is 29.2. The number of halogens is 5. The maximum atomic E-state index is 14.2. The summed E-state index contributed by atoms with van der Waals surface area (Å²) in [6, 6.07) is 0. The van der Waals surface area contributed by atoms with Gasteiger partial charge in [0.15, 0.2) is 56.5 Å². The molecule has 0 bridgehead atoms. The van der Waals surface area contributed by atoms with Crippen molar-refractivity contribution in [3.05, 3.63) is 34.6 Å². The minimum Gasteiger partial charge on any atom is -0.415 e. The zero-order valence-electron chi connectivity index (χ0n) is 25.2. The minimum atomic E-state index is -2.26. The number of oxime groups is 1. The van der Waals surface area contributed by atoms with Gasteiger partial charge in [-0.2, -0.15) is 0 Å². The topological polar surface area (TPSA) is 58.5 Å². The van der Waals surface area contributed by atoms with Crippen LogP contribution in [-0.2, 0) is 29.1 Å². The van der Waals surface area contributed by atoms with Crippen molar-refractivity contribution in [1.29, 1.82) is 0 Å². The Balaban J connectivity index is 3.56. The molecular weight excluding hydrogens is 590 g/mol. The van der Waals surface area contributed by atoms with E-state index in [2.05, 4.69) is 5.16 Å². The smallest absolute Gasteiger partial charge is 0.200 e. The van der Waals surface area contributed by atoms with Gasteiger partial charge in [-0.3, -0.25) is 0 Å². The van der Waals surface area contributed by atoms with E-state index in [0.717, 1.165) is 0 Å². The zero-order chi connectivity index (χ0) is 30.6. The molecule has 226 valence electrons. The largest absolute Gasteiger partial charge is 0.415 e. The van der Waals surface area contributed by atoms with Gasteiger partial charge in [-0.15, -0.1) is 0 Å². The van der Waals surface area contributed by atoms with E-state index in [0.29, 0.717) is 0 Å². The van der Waals surface area contributed by atoms with Crippen LogP contribution in [0.1, 0.15) is 5.56 Å². The molecule has 0 amide bonds. The summed E-state index contributed by atoms with van der Waals surface area (Å²) in [6.45, 7) is 23.2. The molecule has 0 radical (unpaired) electrons. The van der Waals surface area contributed by atoms with Crippen LogP contribution in [0.3, 0.4) is 0 Å². The van der Waals surface area contributed by atoms with Gasteiger partial charge in [-0.25, -0.2) is 22.0 Å². The normalized spacial score (nSPS) is 15.5. The number of hydrogen-bond acceptors (Lipinski definition) is 6. The highest BCUT2D eigenvalue weighted by atomic mass is 28.4. The highest BCUT2D eigenvalue weighted by Gasteiger charge is 2.38. The van der Waals surface area contributed by atoms with Crippen molar-refractivity contribution in [2.45, 2.75) is 97.4 Å². The average Bonchev–Trinajstić information content (AvgIpc) is 2.74. The van der Waals surface area contributed by atoms with Gasteiger partial charge in [0.05, 0.1) is 24.9 Å². The van der Waals surface area contributed by atoms with E-state index in [9.17, 15) is 22.0 Å². The molecule has 39 heavy (non-hydrogen) atoms. The second-order valence-corrected chi connectivity index (χ2v) is 31.1. The van der Waals surface area contributed by atoms with Crippen molar-refractivity contribution in [3.63, 3.8) is 0 Å².